The maximum absolute atomic E-state index is 13.1. The third-order valence-corrected chi connectivity index (χ3v) is 7.19. The average Bonchev–Trinajstić information content (AvgIpc) is 2.78. The van der Waals surface area contributed by atoms with Crippen molar-refractivity contribution in [2.24, 2.45) is 0 Å². The van der Waals surface area contributed by atoms with E-state index in [0.29, 0.717) is 41.9 Å². The zero-order chi connectivity index (χ0) is 24.5. The second-order valence-electron chi connectivity index (χ2n) is 8.53. The molecule has 0 aliphatic carbocycles. The molecule has 2 N–H and O–H groups in total. The molecule has 1 heterocycles. The second kappa shape index (κ2) is 9.30. The molecule has 176 valence electrons. The van der Waals surface area contributed by atoms with E-state index in [9.17, 15) is 18.0 Å². The monoisotopic (exact) mass is 477 g/mol. The highest BCUT2D eigenvalue weighted by molar-refractivity contribution is 7.92. The van der Waals surface area contributed by atoms with Gasteiger partial charge in [0, 0.05) is 30.4 Å². The Morgan fingerprint density at radius 3 is 2.29 bits per heavy atom. The zero-order valence-electron chi connectivity index (χ0n) is 19.4. The molecule has 3 aromatic carbocycles. The van der Waals surface area contributed by atoms with Gasteiger partial charge in [-0.1, -0.05) is 30.3 Å². The van der Waals surface area contributed by atoms with E-state index in [1.807, 2.05) is 30.3 Å². The number of amides is 2. The SMILES string of the molecule is CC(=O)Nc1c(C)cc(S(=O)(=O)Nc2ccc3c(c2)CCC(=O)N3Cc2ccccc2)cc1C. The summed E-state index contributed by atoms with van der Waals surface area (Å²) in [7, 11) is -3.85. The highest BCUT2D eigenvalue weighted by Gasteiger charge is 2.25. The van der Waals surface area contributed by atoms with Gasteiger partial charge in [0.15, 0.2) is 0 Å². The van der Waals surface area contributed by atoms with Crippen LogP contribution in [0, 0.1) is 13.8 Å². The number of carbonyl (C=O) groups excluding carboxylic acids is 2. The summed E-state index contributed by atoms with van der Waals surface area (Å²) < 4.78 is 28.9. The minimum atomic E-state index is -3.85. The highest BCUT2D eigenvalue weighted by atomic mass is 32.2. The van der Waals surface area contributed by atoms with Crippen molar-refractivity contribution in [3.8, 4) is 0 Å². The molecule has 0 atom stereocenters. The van der Waals surface area contributed by atoms with Crippen LogP contribution in [0.15, 0.2) is 65.6 Å². The number of benzene rings is 3. The van der Waals surface area contributed by atoms with E-state index >= 15 is 0 Å². The number of nitrogens with zero attached hydrogens (tertiary/aromatic N) is 1. The number of nitrogens with one attached hydrogen (secondary N) is 2. The fourth-order valence-corrected chi connectivity index (χ4v) is 5.45. The van der Waals surface area contributed by atoms with Gasteiger partial charge in [-0.15, -0.1) is 0 Å². The van der Waals surface area contributed by atoms with Crippen LogP contribution in [0.4, 0.5) is 17.1 Å². The maximum Gasteiger partial charge on any atom is 0.261 e. The highest BCUT2D eigenvalue weighted by Crippen LogP contribution is 2.33. The lowest BCUT2D eigenvalue weighted by molar-refractivity contribution is -0.119. The molecular weight excluding hydrogens is 450 g/mol. The van der Waals surface area contributed by atoms with Crippen molar-refractivity contribution in [2.45, 2.75) is 45.1 Å². The first-order chi connectivity index (χ1) is 16.1. The van der Waals surface area contributed by atoms with Gasteiger partial charge < -0.3 is 10.2 Å². The van der Waals surface area contributed by atoms with Crippen LogP contribution < -0.4 is 14.9 Å². The van der Waals surface area contributed by atoms with Crippen LogP contribution in [0.25, 0.3) is 0 Å². The summed E-state index contributed by atoms with van der Waals surface area (Å²) in [6.07, 6.45) is 0.928. The minimum absolute atomic E-state index is 0.0508. The summed E-state index contributed by atoms with van der Waals surface area (Å²) in [6, 6.07) is 18.1. The molecule has 1 aliphatic rings. The molecule has 0 spiro atoms. The molecule has 8 heteroatoms. The predicted molar refractivity (Wildman–Crippen MR) is 133 cm³/mol. The lowest BCUT2D eigenvalue weighted by Gasteiger charge is -2.30. The fourth-order valence-electron chi connectivity index (χ4n) is 4.23. The predicted octanol–water partition coefficient (Wildman–Crippen LogP) is 4.54. The van der Waals surface area contributed by atoms with Crippen molar-refractivity contribution in [1.29, 1.82) is 0 Å². The number of rotatable bonds is 6. The van der Waals surface area contributed by atoms with Gasteiger partial charge in [-0.2, -0.15) is 0 Å². The van der Waals surface area contributed by atoms with E-state index in [4.69, 9.17) is 0 Å². The molecule has 0 saturated heterocycles. The lowest BCUT2D eigenvalue weighted by atomic mass is 10.00. The van der Waals surface area contributed by atoms with Gasteiger partial charge in [0.05, 0.1) is 11.4 Å². The van der Waals surface area contributed by atoms with Crippen LogP contribution >= 0.6 is 0 Å². The summed E-state index contributed by atoms with van der Waals surface area (Å²) in [5.41, 5.74) is 5.13. The summed E-state index contributed by atoms with van der Waals surface area (Å²) in [6.45, 7) is 5.40. The number of hydrogen-bond acceptors (Lipinski definition) is 4. The molecule has 0 saturated carbocycles. The van der Waals surface area contributed by atoms with Crippen LogP contribution in [0.1, 0.15) is 35.6 Å². The molecule has 4 rings (SSSR count). The normalized spacial score (nSPS) is 13.4. The molecule has 0 fully saturated rings. The molecule has 7 nitrogen and oxygen atoms in total. The van der Waals surface area contributed by atoms with Crippen LogP contribution in [-0.4, -0.2) is 20.2 Å². The number of sulfonamides is 1. The summed E-state index contributed by atoms with van der Waals surface area (Å²) in [5, 5.41) is 2.74. The van der Waals surface area contributed by atoms with Crippen molar-refractivity contribution in [2.75, 3.05) is 14.9 Å². The average molecular weight is 478 g/mol. The molecule has 0 aromatic heterocycles. The van der Waals surface area contributed by atoms with E-state index in [1.54, 1.807) is 49.1 Å². The molecule has 2 amide bonds. The number of aryl methyl sites for hydroxylation is 3. The largest absolute Gasteiger partial charge is 0.326 e. The summed E-state index contributed by atoms with van der Waals surface area (Å²) >= 11 is 0. The van der Waals surface area contributed by atoms with Crippen molar-refractivity contribution in [3.05, 3.63) is 82.9 Å². The minimum Gasteiger partial charge on any atom is -0.326 e. The van der Waals surface area contributed by atoms with Gasteiger partial charge in [-0.3, -0.25) is 14.3 Å². The number of fused-ring (bicyclic) bond motifs is 1. The van der Waals surface area contributed by atoms with Crippen molar-refractivity contribution >= 4 is 38.9 Å². The van der Waals surface area contributed by atoms with E-state index in [-0.39, 0.29) is 16.7 Å². The van der Waals surface area contributed by atoms with Gasteiger partial charge in [-0.05, 0) is 72.9 Å². The van der Waals surface area contributed by atoms with E-state index in [2.05, 4.69) is 10.0 Å². The Kier molecular flexibility index (Phi) is 6.43. The van der Waals surface area contributed by atoms with Gasteiger partial charge in [0.2, 0.25) is 11.8 Å². The van der Waals surface area contributed by atoms with E-state index < -0.39 is 10.0 Å². The third kappa shape index (κ3) is 4.97. The summed E-state index contributed by atoms with van der Waals surface area (Å²) in [5.74, 6) is -0.163. The van der Waals surface area contributed by atoms with Crippen molar-refractivity contribution < 1.29 is 18.0 Å². The number of hydrogen-bond donors (Lipinski definition) is 2. The van der Waals surface area contributed by atoms with Gasteiger partial charge in [-0.25, -0.2) is 8.42 Å². The van der Waals surface area contributed by atoms with Crippen molar-refractivity contribution in [3.63, 3.8) is 0 Å². The van der Waals surface area contributed by atoms with Gasteiger partial charge in [0.1, 0.15) is 0 Å². The van der Waals surface area contributed by atoms with E-state index in [0.717, 1.165) is 16.8 Å². The Balaban J connectivity index is 1.59. The Hall–Kier alpha value is -3.65. The molecular formula is C26H27N3O4S. The zero-order valence-corrected chi connectivity index (χ0v) is 20.2. The van der Waals surface area contributed by atoms with Crippen LogP contribution in [0.5, 0.6) is 0 Å². The Bertz CT molecular complexity index is 1350. The second-order valence-corrected chi connectivity index (χ2v) is 10.2. The molecule has 0 unspecified atom stereocenters. The molecule has 0 bridgehead atoms. The van der Waals surface area contributed by atoms with Gasteiger partial charge >= 0.3 is 0 Å². The van der Waals surface area contributed by atoms with Crippen LogP contribution in [-0.2, 0) is 32.6 Å². The lowest BCUT2D eigenvalue weighted by Crippen LogP contribution is -2.34. The smallest absolute Gasteiger partial charge is 0.261 e. The topological polar surface area (TPSA) is 95.6 Å². The molecule has 34 heavy (non-hydrogen) atoms. The summed E-state index contributed by atoms with van der Waals surface area (Å²) in [4.78, 5) is 25.9. The van der Waals surface area contributed by atoms with Crippen molar-refractivity contribution in [1.82, 2.24) is 0 Å². The third-order valence-electron chi connectivity index (χ3n) is 5.83. The van der Waals surface area contributed by atoms with Gasteiger partial charge in [0.25, 0.3) is 10.0 Å². The first kappa shape index (κ1) is 23.5. The quantitative estimate of drug-likeness (QED) is 0.545. The Morgan fingerprint density at radius 2 is 1.65 bits per heavy atom. The fraction of sp³-hybridized carbons (Fsp3) is 0.231. The standard InChI is InChI=1S/C26H27N3O4S/c1-17-13-23(14-18(2)26(17)27-19(3)30)34(32,33)28-22-10-11-24-21(15-22)9-12-25(31)29(24)16-20-7-5-4-6-8-20/h4-8,10-11,13-15,28H,9,12,16H2,1-3H3,(H,27,30). The van der Waals surface area contributed by atoms with E-state index in [1.165, 1.54) is 6.92 Å². The van der Waals surface area contributed by atoms with Crippen LogP contribution in [0.3, 0.4) is 0 Å². The number of carbonyl (C=O) groups is 2. The maximum atomic E-state index is 13.1. The number of anilines is 3. The molecule has 0 radical (unpaired) electrons. The Morgan fingerprint density at radius 1 is 0.971 bits per heavy atom. The first-order valence-corrected chi connectivity index (χ1v) is 12.5. The Labute approximate surface area is 199 Å². The molecule has 3 aromatic rings. The van der Waals surface area contributed by atoms with Crippen LogP contribution in [0.2, 0.25) is 0 Å². The molecule has 1 aliphatic heterocycles. The first-order valence-electron chi connectivity index (χ1n) is 11.0.